The summed E-state index contributed by atoms with van der Waals surface area (Å²) in [7, 11) is 0. The smallest absolute Gasteiger partial charge is 0.0370 e. The van der Waals surface area contributed by atoms with Crippen LogP contribution in [0.4, 0.5) is 0 Å². The molecule has 0 bridgehead atoms. The maximum atomic E-state index is 2.56. The van der Waals surface area contributed by atoms with E-state index in [9.17, 15) is 0 Å². The highest BCUT2D eigenvalue weighted by atomic mass is 15.3. The standard InChI is InChI=1S/C16H30N2/c1-7-13-14(8-2)18(12-6)16(10-4)15(9-3)17(13)11-5/h7-12H2,1-6H3. The lowest BCUT2D eigenvalue weighted by atomic mass is 10.0. The average Bonchev–Trinajstić information content (AvgIpc) is 2.43. The second-order valence-corrected chi connectivity index (χ2v) is 4.69. The molecular formula is C16H30N2. The molecule has 0 fully saturated rings. The largest absolute Gasteiger partial charge is 0.346 e. The minimum Gasteiger partial charge on any atom is -0.346 e. The quantitative estimate of drug-likeness (QED) is 0.674. The van der Waals surface area contributed by atoms with Crippen molar-refractivity contribution in [1.29, 1.82) is 0 Å². The van der Waals surface area contributed by atoms with Crippen LogP contribution in [0, 0.1) is 0 Å². The van der Waals surface area contributed by atoms with Crippen molar-refractivity contribution in [3.05, 3.63) is 22.8 Å². The molecule has 0 atom stereocenters. The Hall–Kier alpha value is -0.920. The van der Waals surface area contributed by atoms with Gasteiger partial charge in [-0.2, -0.15) is 0 Å². The minimum atomic E-state index is 1.09. The third-order valence-corrected chi connectivity index (χ3v) is 3.94. The zero-order valence-electron chi connectivity index (χ0n) is 13.1. The summed E-state index contributed by atoms with van der Waals surface area (Å²) in [6.45, 7) is 15.9. The first-order chi connectivity index (χ1) is 8.69. The molecule has 18 heavy (non-hydrogen) atoms. The molecule has 0 saturated heterocycles. The Morgan fingerprint density at radius 2 is 0.722 bits per heavy atom. The summed E-state index contributed by atoms with van der Waals surface area (Å²) in [6.07, 6.45) is 4.53. The minimum absolute atomic E-state index is 1.09. The number of nitrogens with zero attached hydrogens (tertiary/aromatic N) is 2. The van der Waals surface area contributed by atoms with Crippen LogP contribution in [0.2, 0.25) is 0 Å². The number of hydrogen-bond donors (Lipinski definition) is 0. The summed E-state index contributed by atoms with van der Waals surface area (Å²) >= 11 is 0. The SMILES string of the molecule is CCC1=C(CC)N(CC)C(CC)=C(CC)N1CC. The van der Waals surface area contributed by atoms with Gasteiger partial charge in [-0.25, -0.2) is 0 Å². The Balaban J connectivity index is 3.35. The molecule has 0 saturated carbocycles. The molecule has 2 heteroatoms. The monoisotopic (exact) mass is 250 g/mol. The van der Waals surface area contributed by atoms with Gasteiger partial charge in [-0.05, 0) is 39.5 Å². The maximum absolute atomic E-state index is 2.56. The first kappa shape index (κ1) is 15.1. The zero-order chi connectivity index (χ0) is 13.7. The normalized spacial score (nSPS) is 17.0. The maximum Gasteiger partial charge on any atom is 0.0370 e. The first-order valence-electron chi connectivity index (χ1n) is 7.68. The van der Waals surface area contributed by atoms with E-state index in [2.05, 4.69) is 51.3 Å². The first-order valence-corrected chi connectivity index (χ1v) is 7.68. The van der Waals surface area contributed by atoms with Crippen molar-refractivity contribution in [2.75, 3.05) is 13.1 Å². The van der Waals surface area contributed by atoms with E-state index in [0.717, 1.165) is 38.8 Å². The Bertz CT molecular complexity index is 277. The highest BCUT2D eigenvalue weighted by Gasteiger charge is 2.27. The molecular weight excluding hydrogens is 220 g/mol. The van der Waals surface area contributed by atoms with Gasteiger partial charge in [-0.1, -0.05) is 27.7 Å². The highest BCUT2D eigenvalue weighted by molar-refractivity contribution is 5.31. The van der Waals surface area contributed by atoms with Crippen LogP contribution in [0.5, 0.6) is 0 Å². The van der Waals surface area contributed by atoms with Gasteiger partial charge in [0.15, 0.2) is 0 Å². The summed E-state index contributed by atoms with van der Waals surface area (Å²) < 4.78 is 0. The van der Waals surface area contributed by atoms with E-state index in [-0.39, 0.29) is 0 Å². The van der Waals surface area contributed by atoms with Crippen LogP contribution in [0.1, 0.15) is 67.2 Å². The van der Waals surface area contributed by atoms with Crippen LogP contribution in [0.15, 0.2) is 22.8 Å². The summed E-state index contributed by atoms with van der Waals surface area (Å²) in [4.78, 5) is 5.12. The molecule has 0 N–H and O–H groups in total. The van der Waals surface area contributed by atoms with Gasteiger partial charge in [0.05, 0.1) is 0 Å². The van der Waals surface area contributed by atoms with E-state index in [1.807, 2.05) is 0 Å². The molecule has 0 spiro atoms. The summed E-state index contributed by atoms with van der Waals surface area (Å²) in [5.74, 6) is 0. The number of rotatable bonds is 6. The van der Waals surface area contributed by atoms with Gasteiger partial charge < -0.3 is 9.80 Å². The molecule has 2 nitrogen and oxygen atoms in total. The lowest BCUT2D eigenvalue weighted by molar-refractivity contribution is 0.304. The lowest BCUT2D eigenvalue weighted by Gasteiger charge is -2.43. The molecule has 1 heterocycles. The van der Waals surface area contributed by atoms with Crippen LogP contribution in [0.25, 0.3) is 0 Å². The third kappa shape index (κ3) is 2.43. The fourth-order valence-electron chi connectivity index (χ4n) is 3.29. The van der Waals surface area contributed by atoms with Crippen LogP contribution >= 0.6 is 0 Å². The van der Waals surface area contributed by atoms with Gasteiger partial charge in [0, 0.05) is 35.9 Å². The third-order valence-electron chi connectivity index (χ3n) is 3.94. The summed E-state index contributed by atoms with van der Waals surface area (Å²) in [5, 5.41) is 0. The van der Waals surface area contributed by atoms with Crippen LogP contribution in [-0.4, -0.2) is 22.9 Å². The van der Waals surface area contributed by atoms with Crippen molar-refractivity contribution >= 4 is 0 Å². The average molecular weight is 250 g/mol. The molecule has 104 valence electrons. The van der Waals surface area contributed by atoms with Crippen molar-refractivity contribution in [1.82, 2.24) is 9.80 Å². The number of hydrogen-bond acceptors (Lipinski definition) is 2. The Kier molecular flexibility index (Phi) is 5.77. The topological polar surface area (TPSA) is 6.48 Å². The molecule has 0 aliphatic carbocycles. The molecule has 0 amide bonds. The van der Waals surface area contributed by atoms with Crippen LogP contribution in [-0.2, 0) is 0 Å². The molecule has 0 radical (unpaired) electrons. The van der Waals surface area contributed by atoms with Crippen molar-refractivity contribution in [3.8, 4) is 0 Å². The summed E-state index contributed by atoms with van der Waals surface area (Å²) in [5.41, 5.74) is 6.15. The van der Waals surface area contributed by atoms with E-state index < -0.39 is 0 Å². The molecule has 0 aromatic heterocycles. The molecule has 1 aliphatic heterocycles. The van der Waals surface area contributed by atoms with Crippen LogP contribution in [0.3, 0.4) is 0 Å². The second-order valence-electron chi connectivity index (χ2n) is 4.69. The van der Waals surface area contributed by atoms with Crippen molar-refractivity contribution in [3.63, 3.8) is 0 Å². The highest BCUT2D eigenvalue weighted by Crippen LogP contribution is 2.36. The predicted molar refractivity (Wildman–Crippen MR) is 80.0 cm³/mol. The number of allylic oxidation sites excluding steroid dienone is 4. The van der Waals surface area contributed by atoms with Gasteiger partial charge >= 0.3 is 0 Å². The van der Waals surface area contributed by atoms with Crippen molar-refractivity contribution < 1.29 is 0 Å². The van der Waals surface area contributed by atoms with Gasteiger partial charge in [0.25, 0.3) is 0 Å². The Labute approximate surface area is 113 Å². The van der Waals surface area contributed by atoms with E-state index in [0.29, 0.717) is 0 Å². The fraction of sp³-hybridized carbons (Fsp3) is 0.750. The molecule has 0 aromatic rings. The molecule has 1 rings (SSSR count). The van der Waals surface area contributed by atoms with Crippen molar-refractivity contribution in [2.24, 2.45) is 0 Å². The van der Waals surface area contributed by atoms with Gasteiger partial charge in [-0.15, -0.1) is 0 Å². The van der Waals surface area contributed by atoms with Gasteiger partial charge in [0.2, 0.25) is 0 Å². The predicted octanol–water partition coefficient (Wildman–Crippen LogP) is 4.71. The Morgan fingerprint density at radius 3 is 0.833 bits per heavy atom. The van der Waals surface area contributed by atoms with E-state index in [1.54, 1.807) is 0 Å². The fourth-order valence-corrected chi connectivity index (χ4v) is 3.29. The van der Waals surface area contributed by atoms with Crippen molar-refractivity contribution in [2.45, 2.75) is 67.2 Å². The van der Waals surface area contributed by atoms with E-state index >= 15 is 0 Å². The Morgan fingerprint density at radius 1 is 0.500 bits per heavy atom. The summed E-state index contributed by atoms with van der Waals surface area (Å²) in [6, 6.07) is 0. The lowest BCUT2D eigenvalue weighted by Crippen LogP contribution is -2.37. The van der Waals surface area contributed by atoms with Gasteiger partial charge in [0.1, 0.15) is 0 Å². The van der Waals surface area contributed by atoms with E-state index in [1.165, 1.54) is 22.8 Å². The second kappa shape index (κ2) is 6.86. The van der Waals surface area contributed by atoms with Gasteiger partial charge in [-0.3, -0.25) is 0 Å². The molecule has 0 unspecified atom stereocenters. The molecule has 1 aliphatic rings. The van der Waals surface area contributed by atoms with Crippen LogP contribution < -0.4 is 0 Å². The molecule has 0 aromatic carbocycles. The van der Waals surface area contributed by atoms with E-state index in [4.69, 9.17) is 0 Å². The zero-order valence-corrected chi connectivity index (χ0v) is 13.1.